The molecule has 0 aromatic carbocycles. The van der Waals surface area contributed by atoms with Gasteiger partial charge in [-0.1, -0.05) is 0 Å². The summed E-state index contributed by atoms with van der Waals surface area (Å²) in [4.78, 5) is 61.9. The van der Waals surface area contributed by atoms with Crippen molar-refractivity contribution in [2.45, 2.75) is 188 Å². The second kappa shape index (κ2) is 26.9. The van der Waals surface area contributed by atoms with Gasteiger partial charge in [-0.25, -0.2) is 8.42 Å². The van der Waals surface area contributed by atoms with Crippen LogP contribution in [0.4, 0.5) is 0 Å². The van der Waals surface area contributed by atoms with Crippen LogP contribution in [0.15, 0.2) is 0 Å². The molecule has 5 fully saturated rings. The van der Waals surface area contributed by atoms with Gasteiger partial charge in [-0.15, -0.1) is 0 Å². The minimum absolute atomic E-state index is 0.728. The summed E-state index contributed by atoms with van der Waals surface area (Å²) in [6.07, 6.45) is -37.2. The molecule has 25 atom stereocenters. The van der Waals surface area contributed by atoms with Crippen LogP contribution in [-0.4, -0.2) is 285 Å². The molecule has 75 heavy (non-hydrogen) atoms. The number of aliphatic hydroxyl groups excluding tert-OH is 11. The lowest BCUT2D eigenvalue weighted by molar-refractivity contribution is -0.367. The molecular formula is C40H66N5O29S-. The van der Waals surface area contributed by atoms with Crippen LogP contribution >= 0.6 is 0 Å². The first kappa shape index (κ1) is 62.3. The maximum Gasteiger partial charge on any atom is 0.217 e. The molecule has 5 rings (SSSR count). The van der Waals surface area contributed by atoms with Gasteiger partial charge in [-0.3, -0.25) is 28.2 Å². The number of carbonyl (C=O) groups excluding carboxylic acids is 5. The highest BCUT2D eigenvalue weighted by atomic mass is 32.3. The summed E-state index contributed by atoms with van der Waals surface area (Å²) < 4.78 is 91.1. The molecule has 5 heterocycles. The smallest absolute Gasteiger partial charge is 0.217 e. The number of hydrogen-bond donors (Lipinski definition) is 16. The molecule has 0 radical (unpaired) electrons. The maximum atomic E-state index is 12.7. The lowest BCUT2D eigenvalue weighted by atomic mass is 9.93. The third-order valence-electron chi connectivity index (χ3n) is 12.5. The van der Waals surface area contributed by atoms with E-state index in [1.54, 1.807) is 0 Å². The fourth-order valence-corrected chi connectivity index (χ4v) is 9.50. The van der Waals surface area contributed by atoms with E-state index in [1.165, 1.54) is 0 Å². The molecule has 0 aliphatic carbocycles. The summed E-state index contributed by atoms with van der Waals surface area (Å²) in [5.74, 6) is -4.08. The Kier molecular flexibility index (Phi) is 22.3. The van der Waals surface area contributed by atoms with Crippen LogP contribution < -0.4 is 26.6 Å². The number of rotatable bonds is 20. The third kappa shape index (κ3) is 15.4. The van der Waals surface area contributed by atoms with Gasteiger partial charge in [0.2, 0.25) is 39.9 Å². The quantitative estimate of drug-likeness (QED) is 0.0398. The van der Waals surface area contributed by atoms with E-state index in [0.29, 0.717) is 0 Å². The standard InChI is InChI=1S/C40H67N5O29S/c1-11(50)41-21-28(57)35(20(66-36(21)61)10-65-75(62,63)64)74-40-25(45-15(5)54)31(60)34(19(9-49)70-40)73-39-24(44-14(4)53)30(59)33(18(8-48)69-39)72-38-23(43-13(3)52)29(58)32(17(7-47)68-38)71-37-22(42-12(2)51)27(56)26(55)16(6-46)67-37/h16-40,46-49,55-61H,6-10H2,1-5H3,(H,41,50)(H,42,51)(H,43,52)(H,44,53)(H,45,54)(H,62,63,64)/p-1. The van der Waals surface area contributed by atoms with E-state index >= 15 is 0 Å². The summed E-state index contributed by atoms with van der Waals surface area (Å²) in [6, 6.07) is -8.54. The molecule has 35 heteroatoms. The Labute approximate surface area is 426 Å². The number of hydrogen-bond acceptors (Lipinski definition) is 29. The normalized spacial score (nSPS) is 42.4. The van der Waals surface area contributed by atoms with Crippen LogP contribution in [0.2, 0.25) is 0 Å². The highest BCUT2D eigenvalue weighted by Crippen LogP contribution is 2.36. The predicted octanol–water partition coefficient (Wildman–Crippen LogP) is -11.7. The fourth-order valence-electron chi connectivity index (χ4n) is 9.20. The van der Waals surface area contributed by atoms with Crippen LogP contribution in [0, 0.1) is 0 Å². The second-order valence-electron chi connectivity index (χ2n) is 18.1. The Morgan fingerprint density at radius 1 is 0.413 bits per heavy atom. The molecule has 0 aromatic rings. The lowest BCUT2D eigenvalue weighted by Crippen LogP contribution is -2.72. The van der Waals surface area contributed by atoms with Crippen LogP contribution in [0.5, 0.6) is 0 Å². The van der Waals surface area contributed by atoms with Crippen molar-refractivity contribution >= 4 is 39.9 Å². The molecule has 0 saturated carbocycles. The first-order chi connectivity index (χ1) is 35.1. The van der Waals surface area contributed by atoms with E-state index in [2.05, 4.69) is 30.8 Å². The highest BCUT2D eigenvalue weighted by Gasteiger charge is 2.57. The average molecular weight is 1110 g/mol. The third-order valence-corrected chi connectivity index (χ3v) is 12.9. The Morgan fingerprint density at radius 3 is 0.973 bits per heavy atom. The van der Waals surface area contributed by atoms with Gasteiger partial charge in [0.25, 0.3) is 0 Å². The van der Waals surface area contributed by atoms with Gasteiger partial charge in [0.1, 0.15) is 122 Å². The first-order valence-electron chi connectivity index (χ1n) is 23.2. The largest absolute Gasteiger partial charge is 0.726 e. The zero-order valence-electron chi connectivity index (χ0n) is 40.6. The van der Waals surface area contributed by atoms with Crippen molar-refractivity contribution in [2.75, 3.05) is 33.0 Å². The Bertz CT molecular complexity index is 2050. The summed E-state index contributed by atoms with van der Waals surface area (Å²) in [6.45, 7) is -0.0861. The zero-order chi connectivity index (χ0) is 56.0. The first-order valence-corrected chi connectivity index (χ1v) is 24.5. The summed E-state index contributed by atoms with van der Waals surface area (Å²) >= 11 is 0. The molecule has 25 unspecified atom stereocenters. The molecule has 34 nitrogen and oxygen atoms in total. The summed E-state index contributed by atoms with van der Waals surface area (Å²) in [5.41, 5.74) is 0. The number of aliphatic hydroxyl groups is 11. The van der Waals surface area contributed by atoms with E-state index in [0.717, 1.165) is 34.6 Å². The zero-order valence-corrected chi connectivity index (χ0v) is 41.5. The van der Waals surface area contributed by atoms with Crippen LogP contribution in [-0.2, 0) is 81.2 Å². The molecule has 5 aliphatic rings. The summed E-state index contributed by atoms with van der Waals surface area (Å²) in [7, 11) is -5.43. The van der Waals surface area contributed by atoms with E-state index in [4.69, 9.17) is 42.6 Å². The number of carbonyl (C=O) groups is 5. The topological polar surface area (TPSA) is 518 Å². The van der Waals surface area contributed by atoms with Crippen molar-refractivity contribution in [3.8, 4) is 0 Å². The number of amides is 5. The molecule has 5 amide bonds. The molecule has 0 aromatic heterocycles. The Hall–Kier alpha value is -3.58. The molecular weight excluding hydrogens is 1050 g/mol. The monoisotopic (exact) mass is 1110 g/mol. The van der Waals surface area contributed by atoms with Crippen molar-refractivity contribution in [3.63, 3.8) is 0 Å². The van der Waals surface area contributed by atoms with E-state index in [1.807, 2.05) is 0 Å². The van der Waals surface area contributed by atoms with Crippen molar-refractivity contribution in [3.05, 3.63) is 0 Å². The average Bonchev–Trinajstić information content (AvgIpc) is 3.32. The molecule has 5 saturated heterocycles. The van der Waals surface area contributed by atoms with Crippen molar-refractivity contribution in [1.29, 1.82) is 0 Å². The lowest BCUT2D eigenvalue weighted by Gasteiger charge is -2.51. The van der Waals surface area contributed by atoms with Crippen molar-refractivity contribution in [2.24, 2.45) is 0 Å². The second-order valence-corrected chi connectivity index (χ2v) is 19.2. The Morgan fingerprint density at radius 2 is 0.680 bits per heavy atom. The maximum absolute atomic E-state index is 12.7. The molecule has 5 aliphatic heterocycles. The van der Waals surface area contributed by atoms with Crippen LogP contribution in [0.25, 0.3) is 0 Å². The van der Waals surface area contributed by atoms with Gasteiger partial charge in [0, 0.05) is 34.6 Å². The Balaban J connectivity index is 1.41. The highest BCUT2D eigenvalue weighted by molar-refractivity contribution is 7.80. The van der Waals surface area contributed by atoms with Gasteiger partial charge >= 0.3 is 0 Å². The van der Waals surface area contributed by atoms with Gasteiger partial charge in [0.05, 0.1) is 33.0 Å². The van der Waals surface area contributed by atoms with E-state index in [-0.39, 0.29) is 0 Å². The SMILES string of the molecule is CC(=O)NC1C(O)OC(COS(=O)(=O)[O-])C(OC2OC(CO)C(OC3OC(CO)C(OC4OC(CO)C(OC5OC(CO)C(O)C(O)C5NC(C)=O)C(O)C4NC(C)=O)C(O)C3NC(C)=O)C(O)C2NC(C)=O)C1O. The number of ether oxygens (including phenoxy) is 9. The minimum atomic E-state index is -5.43. The van der Waals surface area contributed by atoms with Crippen molar-refractivity contribution < 1.29 is 140 Å². The molecule has 432 valence electrons. The molecule has 0 bridgehead atoms. The predicted molar refractivity (Wildman–Crippen MR) is 233 cm³/mol. The van der Waals surface area contributed by atoms with Gasteiger partial charge in [-0.2, -0.15) is 0 Å². The molecule has 16 N–H and O–H groups in total. The number of nitrogens with one attached hydrogen (secondary N) is 5. The molecule has 0 spiro atoms. The fraction of sp³-hybridized carbons (Fsp3) is 0.875. The van der Waals surface area contributed by atoms with Crippen LogP contribution in [0.1, 0.15) is 34.6 Å². The van der Waals surface area contributed by atoms with Gasteiger partial charge in [-0.05, 0) is 0 Å². The summed E-state index contributed by atoms with van der Waals surface area (Å²) in [5, 5.41) is 132. The van der Waals surface area contributed by atoms with E-state index < -0.39 is 226 Å². The van der Waals surface area contributed by atoms with E-state index in [9.17, 15) is 93.1 Å². The van der Waals surface area contributed by atoms with Gasteiger partial charge in [0.15, 0.2) is 31.5 Å². The van der Waals surface area contributed by atoms with Gasteiger partial charge < -0.3 is 130 Å². The van der Waals surface area contributed by atoms with Crippen molar-refractivity contribution in [1.82, 2.24) is 26.6 Å². The minimum Gasteiger partial charge on any atom is -0.726 e. The van der Waals surface area contributed by atoms with Crippen LogP contribution in [0.3, 0.4) is 0 Å².